The van der Waals surface area contributed by atoms with Crippen LogP contribution in [0.1, 0.15) is 84.5 Å². The fourth-order valence-electron chi connectivity index (χ4n) is 7.72. The van der Waals surface area contributed by atoms with Crippen LogP contribution in [0.15, 0.2) is 79.5 Å². The Morgan fingerprint density at radius 2 is 1.77 bits per heavy atom. The monoisotopic (exact) mass is 757 g/mol. The molecule has 2 fully saturated rings. The number of anilines is 5. The summed E-state index contributed by atoms with van der Waals surface area (Å²) in [5.74, 6) is 2.20. The number of pyridine rings is 1. The van der Waals surface area contributed by atoms with Crippen molar-refractivity contribution in [3.8, 4) is 5.75 Å². The lowest BCUT2D eigenvalue weighted by molar-refractivity contribution is -0.134. The van der Waals surface area contributed by atoms with E-state index in [2.05, 4.69) is 68.2 Å². The van der Waals surface area contributed by atoms with Gasteiger partial charge < -0.3 is 30.9 Å². The summed E-state index contributed by atoms with van der Waals surface area (Å²) in [7, 11) is 0. The largest absolute Gasteiger partial charge is 0.492 e. The van der Waals surface area contributed by atoms with Crippen LogP contribution < -0.4 is 36.2 Å². The maximum atomic E-state index is 13.0. The third-order valence-corrected chi connectivity index (χ3v) is 10.9. The summed E-state index contributed by atoms with van der Waals surface area (Å²) in [6.07, 6.45) is 9.47. The molecule has 7 rings (SSSR count). The number of ether oxygens (including phenoxy) is 1. The number of nitrogens with one attached hydrogen (secondary N) is 5. The zero-order valence-corrected chi connectivity index (χ0v) is 32.0. The van der Waals surface area contributed by atoms with E-state index in [1.54, 1.807) is 6.08 Å². The first-order valence-corrected chi connectivity index (χ1v) is 19.8. The fraction of sp³-hybridized carbons (Fsp3) is 0.395. The average Bonchev–Trinajstić information content (AvgIpc) is 3.63. The molecular weight excluding hydrogens is 707 g/mol. The topological polar surface area (TPSA) is 162 Å². The smallest absolute Gasteiger partial charge is 0.256 e. The Labute approximate surface area is 328 Å². The van der Waals surface area contributed by atoms with Gasteiger partial charge in [0, 0.05) is 61.8 Å². The molecule has 4 heterocycles. The van der Waals surface area contributed by atoms with Crippen LogP contribution in [0.4, 0.5) is 29.0 Å². The second-order valence-electron chi connectivity index (χ2n) is 14.7. The molecule has 13 nitrogen and oxygen atoms in total. The van der Waals surface area contributed by atoms with E-state index in [1.807, 2.05) is 42.5 Å². The van der Waals surface area contributed by atoms with E-state index in [1.165, 1.54) is 17.4 Å². The number of imide groups is 1. The van der Waals surface area contributed by atoms with Crippen LogP contribution in [0.2, 0.25) is 0 Å². The molecule has 1 aliphatic carbocycles. The van der Waals surface area contributed by atoms with Crippen LogP contribution in [0.5, 0.6) is 5.75 Å². The number of rotatable bonds is 16. The van der Waals surface area contributed by atoms with Crippen LogP contribution in [0, 0.1) is 5.92 Å². The predicted octanol–water partition coefficient (Wildman–Crippen LogP) is 6.12. The van der Waals surface area contributed by atoms with Crippen molar-refractivity contribution in [2.75, 3.05) is 54.9 Å². The maximum absolute atomic E-state index is 13.0. The van der Waals surface area contributed by atoms with E-state index in [0.29, 0.717) is 61.0 Å². The summed E-state index contributed by atoms with van der Waals surface area (Å²) in [6.45, 7) is 10.4. The van der Waals surface area contributed by atoms with Gasteiger partial charge in [0.2, 0.25) is 17.8 Å². The summed E-state index contributed by atoms with van der Waals surface area (Å²) in [6, 6.07) is 19.9. The highest BCUT2D eigenvalue weighted by molar-refractivity contribution is 6.01. The van der Waals surface area contributed by atoms with Crippen LogP contribution in [0.25, 0.3) is 0 Å². The third kappa shape index (κ3) is 9.51. The summed E-state index contributed by atoms with van der Waals surface area (Å²) in [4.78, 5) is 53.1. The molecule has 0 saturated carbocycles. The molecular formula is C43H51N9O4. The third-order valence-electron chi connectivity index (χ3n) is 10.9. The number of benzene rings is 2. The Balaban J connectivity index is 0.869. The van der Waals surface area contributed by atoms with Gasteiger partial charge in [-0.25, -0.2) is 9.97 Å². The van der Waals surface area contributed by atoms with Crippen LogP contribution in [0.3, 0.4) is 0 Å². The summed E-state index contributed by atoms with van der Waals surface area (Å²) < 4.78 is 5.92. The quantitative estimate of drug-likeness (QED) is 0.0509. The molecule has 2 saturated heterocycles. The van der Waals surface area contributed by atoms with Gasteiger partial charge in [-0.1, -0.05) is 31.2 Å². The highest BCUT2D eigenvalue weighted by Gasteiger charge is 2.28. The van der Waals surface area contributed by atoms with Gasteiger partial charge in [0.05, 0.1) is 5.92 Å². The number of carbonyl (C=O) groups is 3. The Bertz CT molecular complexity index is 2010. The van der Waals surface area contributed by atoms with Gasteiger partial charge in [-0.3, -0.25) is 19.7 Å². The molecule has 0 radical (unpaired) electrons. The van der Waals surface area contributed by atoms with Crippen molar-refractivity contribution in [2.24, 2.45) is 5.92 Å². The molecule has 3 aliphatic rings. The van der Waals surface area contributed by atoms with Crippen LogP contribution in [-0.2, 0) is 16.0 Å². The predicted molar refractivity (Wildman–Crippen MR) is 218 cm³/mol. The molecule has 3 amide bonds. The zero-order chi connectivity index (χ0) is 38.9. The molecule has 2 aromatic heterocycles. The van der Waals surface area contributed by atoms with Gasteiger partial charge in [-0.15, -0.1) is 6.58 Å². The Hall–Kier alpha value is -5.82. The van der Waals surface area contributed by atoms with E-state index >= 15 is 0 Å². The van der Waals surface area contributed by atoms with Crippen molar-refractivity contribution in [3.63, 3.8) is 0 Å². The second kappa shape index (κ2) is 18.2. The number of fused-ring (bicyclic) bond motifs is 1. The first-order chi connectivity index (χ1) is 27.4. The van der Waals surface area contributed by atoms with Crippen LogP contribution >= 0.6 is 0 Å². The van der Waals surface area contributed by atoms with E-state index in [-0.39, 0.29) is 23.6 Å². The van der Waals surface area contributed by atoms with Crippen molar-refractivity contribution in [1.82, 2.24) is 30.9 Å². The molecule has 292 valence electrons. The van der Waals surface area contributed by atoms with Gasteiger partial charge in [0.25, 0.3) is 5.91 Å². The average molecular weight is 758 g/mol. The lowest BCUT2D eigenvalue weighted by Gasteiger charge is -2.33. The number of nitrogens with zero attached hydrogens (tertiary/aromatic N) is 4. The molecule has 4 aromatic rings. The molecule has 13 heteroatoms. The number of aryl methyl sites for hydroxylation is 1. The molecule has 2 aliphatic heterocycles. The lowest BCUT2D eigenvalue weighted by atomic mass is 9.90. The van der Waals surface area contributed by atoms with E-state index in [9.17, 15) is 14.4 Å². The minimum atomic E-state index is -0.294. The van der Waals surface area contributed by atoms with Crippen molar-refractivity contribution < 1.29 is 19.1 Å². The van der Waals surface area contributed by atoms with E-state index in [0.717, 1.165) is 81.0 Å². The number of amides is 3. The molecule has 56 heavy (non-hydrogen) atoms. The second-order valence-corrected chi connectivity index (χ2v) is 14.7. The molecule has 0 bridgehead atoms. The van der Waals surface area contributed by atoms with E-state index in [4.69, 9.17) is 14.7 Å². The van der Waals surface area contributed by atoms with Crippen molar-refractivity contribution in [3.05, 3.63) is 102 Å². The summed E-state index contributed by atoms with van der Waals surface area (Å²) >= 11 is 0. The summed E-state index contributed by atoms with van der Waals surface area (Å²) in [5.41, 5.74) is 5.65. The Kier molecular flexibility index (Phi) is 12.5. The van der Waals surface area contributed by atoms with Gasteiger partial charge in [-0.2, -0.15) is 4.98 Å². The normalized spacial score (nSPS) is 18.2. The molecule has 2 atom stereocenters. The van der Waals surface area contributed by atoms with Gasteiger partial charge in [-0.05, 0) is 105 Å². The van der Waals surface area contributed by atoms with Gasteiger partial charge >= 0.3 is 0 Å². The minimum Gasteiger partial charge on any atom is -0.492 e. The Morgan fingerprint density at radius 1 is 0.964 bits per heavy atom. The van der Waals surface area contributed by atoms with Gasteiger partial charge in [0.1, 0.15) is 29.6 Å². The minimum absolute atomic E-state index is 0.204. The highest BCUT2D eigenvalue weighted by atomic mass is 16.5. The number of hydrogen-bond donors (Lipinski definition) is 5. The molecule has 2 aromatic carbocycles. The van der Waals surface area contributed by atoms with Crippen LogP contribution in [-0.4, -0.2) is 72.0 Å². The standard InChI is InChI=1S/C43H51N9O4/c1-3-21-45-41(54)36-27-46-43(51-40(36)49-37-17-9-31-6-5-29(4-2)39(31)48-37)47-32-10-12-33(13-11-32)52-23-19-28(20-24-52)26-44-22-25-56-34-14-7-30(8-15-34)35-16-18-38(53)50-42(35)55/h3,7-15,17,27-29,35,44H,1,4-6,16,18-26H2,2H3,(H,45,54)(H,50,53,55)(H2,46,47,48,49,51). The molecule has 2 unspecified atom stereocenters. The number of aromatic nitrogens is 3. The number of hydrogen-bond acceptors (Lipinski definition) is 11. The van der Waals surface area contributed by atoms with Crippen molar-refractivity contribution in [1.29, 1.82) is 0 Å². The fourth-order valence-corrected chi connectivity index (χ4v) is 7.72. The first kappa shape index (κ1) is 38.5. The maximum Gasteiger partial charge on any atom is 0.256 e. The lowest BCUT2D eigenvalue weighted by Crippen LogP contribution is -2.39. The molecule has 5 N–H and O–H groups in total. The zero-order valence-electron chi connectivity index (χ0n) is 32.0. The highest BCUT2D eigenvalue weighted by Crippen LogP contribution is 2.35. The number of carbonyl (C=O) groups excluding carboxylic acids is 3. The summed E-state index contributed by atoms with van der Waals surface area (Å²) in [5, 5.41) is 15.4. The van der Waals surface area contributed by atoms with Gasteiger partial charge in [0.15, 0.2) is 0 Å². The van der Waals surface area contributed by atoms with Crippen molar-refractivity contribution >= 4 is 46.7 Å². The Morgan fingerprint density at radius 3 is 2.52 bits per heavy atom. The SMILES string of the molecule is C=CCNC(=O)c1cnc(Nc2ccc(N3CCC(CNCCOc4ccc(C5CCC(=O)NC5=O)cc4)CC3)cc2)nc1Nc1ccc2c(n1)C(CC)CC2. The molecule has 0 spiro atoms. The first-order valence-electron chi connectivity index (χ1n) is 19.8. The number of piperidine rings is 2. The van der Waals surface area contributed by atoms with Crippen molar-refractivity contribution in [2.45, 2.75) is 63.7 Å². The van der Waals surface area contributed by atoms with E-state index < -0.39 is 0 Å².